The van der Waals surface area contributed by atoms with Gasteiger partial charge in [-0.15, -0.1) is 0 Å². The largest absolute Gasteiger partial charge is 0.481 e. The number of carboxylic acids is 1. The molecule has 0 fully saturated rings. The maximum Gasteiger partial charge on any atom is 0.303 e. The Morgan fingerprint density at radius 2 is 1.90 bits per heavy atom. The summed E-state index contributed by atoms with van der Waals surface area (Å²) < 4.78 is 28.4. The van der Waals surface area contributed by atoms with E-state index in [1.54, 1.807) is 23.1 Å². The fourth-order valence-electron chi connectivity index (χ4n) is 1.98. The molecule has 1 rings (SSSR count). The van der Waals surface area contributed by atoms with Crippen molar-refractivity contribution in [2.75, 3.05) is 13.1 Å². The highest BCUT2D eigenvalue weighted by Crippen LogP contribution is 2.29. The minimum atomic E-state index is -2.94. The van der Waals surface area contributed by atoms with Crippen molar-refractivity contribution < 1.29 is 18.7 Å². The van der Waals surface area contributed by atoms with Gasteiger partial charge in [-0.2, -0.15) is 8.78 Å². The third kappa shape index (κ3) is 5.25. The molecule has 0 spiro atoms. The highest BCUT2D eigenvalue weighted by molar-refractivity contribution is 5.66. The Morgan fingerprint density at radius 3 is 2.40 bits per heavy atom. The average molecular weight is 285 g/mol. The Hall–Kier alpha value is -1.49. The quantitative estimate of drug-likeness (QED) is 0.796. The van der Waals surface area contributed by atoms with E-state index in [4.69, 9.17) is 5.11 Å². The second kappa shape index (κ2) is 7.33. The van der Waals surface area contributed by atoms with Gasteiger partial charge in [-0.05, 0) is 26.8 Å². The highest BCUT2D eigenvalue weighted by atomic mass is 19.3. The van der Waals surface area contributed by atoms with Gasteiger partial charge in [-0.25, -0.2) is 0 Å². The molecule has 0 amide bonds. The van der Waals surface area contributed by atoms with Crippen LogP contribution in [0.5, 0.6) is 0 Å². The van der Waals surface area contributed by atoms with Crippen LogP contribution in [-0.2, 0) is 10.7 Å². The molecule has 0 aliphatic rings. The SMILES string of the molecule is CC(C)N(CCCC(=O)O)CC(F)(F)c1ccccc1. The van der Waals surface area contributed by atoms with Crippen LogP contribution in [-0.4, -0.2) is 35.1 Å². The van der Waals surface area contributed by atoms with E-state index in [1.165, 1.54) is 12.1 Å². The number of hydrogen-bond donors (Lipinski definition) is 1. The number of rotatable bonds is 8. The minimum absolute atomic E-state index is 0.000127. The van der Waals surface area contributed by atoms with Gasteiger partial charge in [0.05, 0.1) is 6.54 Å². The molecule has 0 bridgehead atoms. The molecule has 0 heterocycles. The van der Waals surface area contributed by atoms with Gasteiger partial charge >= 0.3 is 5.97 Å². The van der Waals surface area contributed by atoms with E-state index in [0.717, 1.165) is 0 Å². The van der Waals surface area contributed by atoms with E-state index >= 15 is 0 Å². The number of benzene rings is 1. The zero-order chi connectivity index (χ0) is 15.2. The van der Waals surface area contributed by atoms with Crippen molar-refractivity contribution >= 4 is 5.97 Å². The van der Waals surface area contributed by atoms with Gasteiger partial charge in [0.2, 0.25) is 0 Å². The van der Waals surface area contributed by atoms with Crippen LogP contribution in [0.2, 0.25) is 0 Å². The fraction of sp³-hybridized carbons (Fsp3) is 0.533. The zero-order valence-electron chi connectivity index (χ0n) is 11.9. The lowest BCUT2D eigenvalue weighted by molar-refractivity contribution is -0.137. The minimum Gasteiger partial charge on any atom is -0.481 e. The molecule has 0 saturated heterocycles. The molecule has 20 heavy (non-hydrogen) atoms. The third-order valence-corrected chi connectivity index (χ3v) is 3.16. The predicted molar refractivity (Wildman–Crippen MR) is 73.9 cm³/mol. The summed E-state index contributed by atoms with van der Waals surface area (Å²) in [5.74, 6) is -3.84. The predicted octanol–water partition coefficient (Wildman–Crippen LogP) is 3.35. The summed E-state index contributed by atoms with van der Waals surface area (Å²) in [7, 11) is 0. The van der Waals surface area contributed by atoms with E-state index in [9.17, 15) is 13.6 Å². The zero-order valence-corrected chi connectivity index (χ0v) is 11.9. The van der Waals surface area contributed by atoms with E-state index in [1.807, 2.05) is 13.8 Å². The average Bonchev–Trinajstić information content (AvgIpc) is 2.38. The van der Waals surface area contributed by atoms with Crippen molar-refractivity contribution in [3.63, 3.8) is 0 Å². The molecule has 0 saturated carbocycles. The smallest absolute Gasteiger partial charge is 0.303 e. The lowest BCUT2D eigenvalue weighted by Crippen LogP contribution is -2.40. The van der Waals surface area contributed by atoms with Gasteiger partial charge in [-0.1, -0.05) is 30.3 Å². The number of carbonyl (C=O) groups is 1. The molecule has 1 aromatic rings. The van der Waals surface area contributed by atoms with Crippen molar-refractivity contribution in [2.24, 2.45) is 0 Å². The summed E-state index contributed by atoms with van der Waals surface area (Å²) in [6.07, 6.45) is 0.374. The maximum absolute atomic E-state index is 14.2. The molecular weight excluding hydrogens is 264 g/mol. The van der Waals surface area contributed by atoms with Gasteiger partial charge in [0.25, 0.3) is 5.92 Å². The Balaban J connectivity index is 2.67. The Labute approximate surface area is 118 Å². The Kier molecular flexibility index (Phi) is 6.07. The van der Waals surface area contributed by atoms with Crippen LogP contribution in [0.25, 0.3) is 0 Å². The summed E-state index contributed by atoms with van der Waals surface area (Å²) in [4.78, 5) is 12.1. The van der Waals surface area contributed by atoms with Crippen LogP contribution in [0.3, 0.4) is 0 Å². The third-order valence-electron chi connectivity index (χ3n) is 3.16. The number of hydrogen-bond acceptors (Lipinski definition) is 2. The molecule has 0 aliphatic carbocycles. The van der Waals surface area contributed by atoms with Gasteiger partial charge in [0.15, 0.2) is 0 Å². The molecule has 1 aromatic carbocycles. The van der Waals surface area contributed by atoms with E-state index in [-0.39, 0.29) is 18.0 Å². The number of halogens is 2. The summed E-state index contributed by atoms with van der Waals surface area (Å²) in [5.41, 5.74) is -0.0103. The van der Waals surface area contributed by atoms with Crippen molar-refractivity contribution in [1.82, 2.24) is 4.90 Å². The van der Waals surface area contributed by atoms with Crippen LogP contribution < -0.4 is 0 Å². The number of alkyl halides is 2. The van der Waals surface area contributed by atoms with Gasteiger partial charge in [0.1, 0.15) is 0 Å². The van der Waals surface area contributed by atoms with Gasteiger partial charge < -0.3 is 5.11 Å². The second-order valence-corrected chi connectivity index (χ2v) is 5.13. The van der Waals surface area contributed by atoms with Gasteiger partial charge in [-0.3, -0.25) is 9.69 Å². The molecule has 0 aliphatic heterocycles. The van der Waals surface area contributed by atoms with Crippen molar-refractivity contribution in [2.45, 2.75) is 38.7 Å². The number of aliphatic carboxylic acids is 1. The lowest BCUT2D eigenvalue weighted by atomic mass is 10.1. The van der Waals surface area contributed by atoms with Crippen molar-refractivity contribution in [3.05, 3.63) is 35.9 Å². The standard InChI is InChI=1S/C15H21F2NO2/c1-12(2)18(10-6-9-14(19)20)11-15(16,17)13-7-4-3-5-8-13/h3-5,7-8,12H,6,9-11H2,1-2H3,(H,19,20). The monoisotopic (exact) mass is 285 g/mol. The first-order chi connectivity index (χ1) is 9.33. The molecule has 0 radical (unpaired) electrons. The molecule has 1 N–H and O–H groups in total. The molecule has 112 valence electrons. The first kappa shape index (κ1) is 16.6. The Morgan fingerprint density at radius 1 is 1.30 bits per heavy atom. The fourth-order valence-corrected chi connectivity index (χ4v) is 1.98. The summed E-state index contributed by atoms with van der Waals surface area (Å²) in [5, 5.41) is 8.61. The molecule has 3 nitrogen and oxygen atoms in total. The Bertz CT molecular complexity index is 421. The maximum atomic E-state index is 14.2. The molecule has 0 unspecified atom stereocenters. The topological polar surface area (TPSA) is 40.5 Å². The van der Waals surface area contributed by atoms with Crippen LogP contribution in [0.15, 0.2) is 30.3 Å². The second-order valence-electron chi connectivity index (χ2n) is 5.13. The summed E-state index contributed by atoms with van der Waals surface area (Å²) in [6, 6.07) is 7.65. The number of carboxylic acid groups (broad SMARTS) is 1. The normalized spacial score (nSPS) is 12.1. The highest BCUT2D eigenvalue weighted by Gasteiger charge is 2.34. The van der Waals surface area contributed by atoms with Gasteiger partial charge in [0, 0.05) is 18.0 Å². The van der Waals surface area contributed by atoms with E-state index in [0.29, 0.717) is 13.0 Å². The molecule has 0 aromatic heterocycles. The van der Waals surface area contributed by atoms with Crippen molar-refractivity contribution in [1.29, 1.82) is 0 Å². The van der Waals surface area contributed by atoms with E-state index in [2.05, 4.69) is 0 Å². The molecular formula is C15H21F2NO2. The van der Waals surface area contributed by atoms with Crippen molar-refractivity contribution in [3.8, 4) is 0 Å². The summed E-state index contributed by atoms with van der Waals surface area (Å²) >= 11 is 0. The van der Waals surface area contributed by atoms with Crippen LogP contribution in [0.1, 0.15) is 32.3 Å². The van der Waals surface area contributed by atoms with Crippen LogP contribution >= 0.6 is 0 Å². The first-order valence-corrected chi connectivity index (χ1v) is 6.72. The van der Waals surface area contributed by atoms with Crippen LogP contribution in [0.4, 0.5) is 8.78 Å². The summed E-state index contributed by atoms with van der Waals surface area (Å²) in [6.45, 7) is 3.63. The van der Waals surface area contributed by atoms with E-state index < -0.39 is 18.4 Å². The van der Waals surface area contributed by atoms with Crippen LogP contribution in [0, 0.1) is 0 Å². The number of nitrogens with zero attached hydrogens (tertiary/aromatic N) is 1. The molecule has 0 atom stereocenters. The lowest BCUT2D eigenvalue weighted by Gasteiger charge is -2.30. The molecule has 5 heteroatoms. The first-order valence-electron chi connectivity index (χ1n) is 6.72.